The first kappa shape index (κ1) is 10.6. The third-order valence-corrected chi connectivity index (χ3v) is 3.97. The van der Waals surface area contributed by atoms with Gasteiger partial charge >= 0.3 is 6.03 Å². The number of urea groups is 1. The number of para-hydroxylation sites is 2. The number of carbonyl (C=O) groups is 1. The van der Waals surface area contributed by atoms with E-state index in [0.717, 1.165) is 24.3 Å². The monoisotopic (exact) mass is 250 g/mol. The van der Waals surface area contributed by atoms with E-state index in [9.17, 15) is 4.79 Å². The largest absolute Gasteiger partial charge is 0.329 e. The summed E-state index contributed by atoms with van der Waals surface area (Å²) in [5, 5.41) is 0. The minimum atomic E-state index is 0.0983. The van der Waals surface area contributed by atoms with Gasteiger partial charge in [-0.2, -0.15) is 0 Å². The first-order chi connectivity index (χ1) is 9.34. The van der Waals surface area contributed by atoms with E-state index in [1.165, 1.54) is 5.56 Å². The predicted octanol–water partition coefficient (Wildman–Crippen LogP) is 3.06. The smallest absolute Gasteiger partial charge is 0.292 e. The standard InChI is InChI=1S/C16H14N2O/c19-16-17(13-7-2-1-3-8-13)11-14-10-12-6-4-5-9-15(12)18(14)16/h1-9,14H,10-11H2. The van der Waals surface area contributed by atoms with Crippen molar-refractivity contribution in [3.05, 3.63) is 60.2 Å². The van der Waals surface area contributed by atoms with Gasteiger partial charge in [-0.15, -0.1) is 0 Å². The summed E-state index contributed by atoms with van der Waals surface area (Å²) in [6.07, 6.45) is 0.964. The van der Waals surface area contributed by atoms with Crippen LogP contribution in [0.4, 0.5) is 16.2 Å². The van der Waals surface area contributed by atoms with Crippen LogP contribution in [0.5, 0.6) is 0 Å². The molecule has 3 nitrogen and oxygen atoms in total. The number of nitrogens with zero attached hydrogens (tertiary/aromatic N) is 2. The fraction of sp³-hybridized carbons (Fsp3) is 0.188. The number of amides is 2. The number of anilines is 2. The van der Waals surface area contributed by atoms with Crippen LogP contribution in [-0.2, 0) is 6.42 Å². The van der Waals surface area contributed by atoms with Crippen molar-refractivity contribution in [2.75, 3.05) is 16.3 Å². The second kappa shape index (κ2) is 3.85. The van der Waals surface area contributed by atoms with Gasteiger partial charge in [0, 0.05) is 17.9 Å². The van der Waals surface area contributed by atoms with Gasteiger partial charge in [-0.05, 0) is 30.2 Å². The van der Waals surface area contributed by atoms with Gasteiger partial charge in [-0.25, -0.2) is 4.79 Å². The lowest BCUT2D eigenvalue weighted by Gasteiger charge is -2.18. The quantitative estimate of drug-likeness (QED) is 0.763. The van der Waals surface area contributed by atoms with Crippen LogP contribution in [0.2, 0.25) is 0 Å². The molecule has 2 aromatic carbocycles. The molecule has 94 valence electrons. The fourth-order valence-electron chi connectivity index (χ4n) is 3.11. The lowest BCUT2D eigenvalue weighted by atomic mass is 10.1. The van der Waals surface area contributed by atoms with Crippen molar-refractivity contribution < 1.29 is 4.79 Å². The molecule has 1 unspecified atom stereocenters. The van der Waals surface area contributed by atoms with Crippen LogP contribution >= 0.6 is 0 Å². The van der Waals surface area contributed by atoms with Crippen LogP contribution in [0.25, 0.3) is 0 Å². The molecule has 0 bridgehead atoms. The third-order valence-electron chi connectivity index (χ3n) is 3.97. The van der Waals surface area contributed by atoms with Crippen molar-refractivity contribution in [2.24, 2.45) is 0 Å². The summed E-state index contributed by atoms with van der Waals surface area (Å²) in [5.41, 5.74) is 3.35. The molecule has 3 heteroatoms. The Morgan fingerprint density at radius 1 is 0.947 bits per heavy atom. The van der Waals surface area contributed by atoms with Gasteiger partial charge in [0.15, 0.2) is 0 Å². The molecule has 0 saturated carbocycles. The average molecular weight is 250 g/mol. The van der Waals surface area contributed by atoms with Crippen LogP contribution in [0, 0.1) is 0 Å². The van der Waals surface area contributed by atoms with Crippen molar-refractivity contribution in [1.82, 2.24) is 0 Å². The molecule has 0 aromatic heterocycles. The maximum Gasteiger partial charge on any atom is 0.329 e. The summed E-state index contributed by atoms with van der Waals surface area (Å²) in [6.45, 7) is 0.775. The van der Waals surface area contributed by atoms with E-state index in [0.29, 0.717) is 0 Å². The molecule has 1 saturated heterocycles. The Morgan fingerprint density at radius 2 is 1.68 bits per heavy atom. The molecule has 0 spiro atoms. The Balaban J connectivity index is 1.72. The molecule has 2 aromatic rings. The van der Waals surface area contributed by atoms with E-state index >= 15 is 0 Å². The topological polar surface area (TPSA) is 23.6 Å². The summed E-state index contributed by atoms with van der Waals surface area (Å²) in [6, 6.07) is 18.5. The average Bonchev–Trinajstić information content (AvgIpc) is 2.97. The highest BCUT2D eigenvalue weighted by Crippen LogP contribution is 2.38. The van der Waals surface area contributed by atoms with Crippen LogP contribution < -0.4 is 9.80 Å². The van der Waals surface area contributed by atoms with Gasteiger partial charge in [0.1, 0.15) is 0 Å². The van der Waals surface area contributed by atoms with Crippen LogP contribution in [0.3, 0.4) is 0 Å². The van der Waals surface area contributed by atoms with E-state index in [2.05, 4.69) is 6.07 Å². The maximum atomic E-state index is 12.6. The fourth-order valence-corrected chi connectivity index (χ4v) is 3.11. The van der Waals surface area contributed by atoms with Gasteiger partial charge in [0.2, 0.25) is 0 Å². The van der Waals surface area contributed by atoms with E-state index in [-0.39, 0.29) is 12.1 Å². The van der Waals surface area contributed by atoms with E-state index in [1.807, 2.05) is 58.3 Å². The van der Waals surface area contributed by atoms with Crippen molar-refractivity contribution in [3.63, 3.8) is 0 Å². The highest BCUT2D eigenvalue weighted by molar-refractivity contribution is 6.08. The van der Waals surface area contributed by atoms with E-state index in [4.69, 9.17) is 0 Å². The van der Waals surface area contributed by atoms with Crippen LogP contribution in [0.15, 0.2) is 54.6 Å². The van der Waals surface area contributed by atoms with Gasteiger partial charge in [0.25, 0.3) is 0 Å². The molecule has 19 heavy (non-hydrogen) atoms. The normalized spacial score (nSPS) is 20.6. The molecule has 0 radical (unpaired) electrons. The zero-order valence-electron chi connectivity index (χ0n) is 10.5. The molecule has 2 aliphatic heterocycles. The molecule has 2 heterocycles. The Kier molecular flexibility index (Phi) is 2.15. The summed E-state index contributed by atoms with van der Waals surface area (Å²) in [7, 11) is 0. The minimum Gasteiger partial charge on any atom is -0.292 e. The van der Waals surface area contributed by atoms with Gasteiger partial charge in [-0.3, -0.25) is 9.80 Å². The van der Waals surface area contributed by atoms with Gasteiger partial charge in [-0.1, -0.05) is 36.4 Å². The first-order valence-electron chi connectivity index (χ1n) is 6.58. The molecule has 0 aliphatic carbocycles. The summed E-state index contributed by atoms with van der Waals surface area (Å²) >= 11 is 0. The number of hydrogen-bond acceptors (Lipinski definition) is 1. The van der Waals surface area contributed by atoms with Crippen molar-refractivity contribution in [3.8, 4) is 0 Å². The molecule has 4 rings (SSSR count). The SMILES string of the molecule is O=C1N(c2ccccc2)CC2Cc3ccccc3N12. The number of rotatable bonds is 1. The summed E-state index contributed by atoms with van der Waals surface area (Å²) in [5.74, 6) is 0. The first-order valence-corrected chi connectivity index (χ1v) is 6.58. The lowest BCUT2D eigenvalue weighted by Crippen LogP contribution is -2.32. The molecule has 1 atom stereocenters. The zero-order chi connectivity index (χ0) is 12.8. The Bertz CT molecular complexity index is 638. The third kappa shape index (κ3) is 1.48. The Hall–Kier alpha value is -2.29. The number of hydrogen-bond donors (Lipinski definition) is 0. The van der Waals surface area contributed by atoms with Crippen LogP contribution in [0.1, 0.15) is 5.56 Å². The molecular weight excluding hydrogens is 236 g/mol. The van der Waals surface area contributed by atoms with E-state index < -0.39 is 0 Å². The van der Waals surface area contributed by atoms with E-state index in [1.54, 1.807) is 0 Å². The summed E-state index contributed by atoms with van der Waals surface area (Å²) < 4.78 is 0. The second-order valence-electron chi connectivity index (χ2n) is 5.09. The van der Waals surface area contributed by atoms with Crippen molar-refractivity contribution >= 4 is 17.4 Å². The number of benzene rings is 2. The zero-order valence-corrected chi connectivity index (χ0v) is 10.5. The van der Waals surface area contributed by atoms with Crippen molar-refractivity contribution in [1.29, 1.82) is 0 Å². The van der Waals surface area contributed by atoms with Crippen LogP contribution in [-0.4, -0.2) is 18.6 Å². The minimum absolute atomic E-state index is 0.0983. The second-order valence-corrected chi connectivity index (χ2v) is 5.09. The highest BCUT2D eigenvalue weighted by Gasteiger charge is 2.43. The Labute approximate surface area is 112 Å². The molecule has 2 amide bonds. The van der Waals surface area contributed by atoms with Gasteiger partial charge in [0.05, 0.1) is 6.04 Å². The molecular formula is C16H14N2O. The molecule has 1 fully saturated rings. The number of fused-ring (bicyclic) bond motifs is 3. The van der Waals surface area contributed by atoms with Gasteiger partial charge < -0.3 is 0 Å². The molecule has 0 N–H and O–H groups in total. The molecule has 2 aliphatic rings. The maximum absolute atomic E-state index is 12.6. The predicted molar refractivity (Wildman–Crippen MR) is 75.6 cm³/mol. The van der Waals surface area contributed by atoms with Crippen molar-refractivity contribution in [2.45, 2.75) is 12.5 Å². The lowest BCUT2D eigenvalue weighted by molar-refractivity contribution is 0.255. The highest BCUT2D eigenvalue weighted by atomic mass is 16.2. The summed E-state index contributed by atoms with van der Waals surface area (Å²) in [4.78, 5) is 16.4. The Morgan fingerprint density at radius 3 is 2.53 bits per heavy atom. The number of carbonyl (C=O) groups excluding carboxylic acids is 1.